The van der Waals surface area contributed by atoms with Crippen molar-refractivity contribution in [3.8, 4) is 30.0 Å². The van der Waals surface area contributed by atoms with Crippen molar-refractivity contribution < 1.29 is 4.74 Å². The van der Waals surface area contributed by atoms with E-state index in [4.69, 9.17) is 24.8 Å². The van der Waals surface area contributed by atoms with Gasteiger partial charge < -0.3 is 9.64 Å². The highest BCUT2D eigenvalue weighted by molar-refractivity contribution is 14.2. The van der Waals surface area contributed by atoms with Gasteiger partial charge in [-0.1, -0.05) is 50.1 Å². The summed E-state index contributed by atoms with van der Waals surface area (Å²) in [6.45, 7) is 10.7. The smallest absolute Gasteiger partial charge is 0.354 e. The van der Waals surface area contributed by atoms with E-state index in [-0.39, 0.29) is 20.7 Å². The number of ether oxygens (including phenoxy) is 1. The predicted molar refractivity (Wildman–Crippen MR) is 200 cm³/mol. The van der Waals surface area contributed by atoms with Gasteiger partial charge in [-0.15, -0.1) is 26.7 Å². The summed E-state index contributed by atoms with van der Waals surface area (Å²) >= 11 is -0.0238. The zero-order chi connectivity index (χ0) is 33.0. The predicted octanol–water partition coefficient (Wildman–Crippen LogP) is 6.91. The molecule has 0 saturated carbocycles. The standard InChI is InChI=1S/C36H46IN8O/c1-6-16-31-28-41-43(5)29-33(31)39-22-19-32-34(30(18-15-20-37-4)17-11-9-12-21-38)42-36(45-26-23-40-35(32)45)46-27-14-10-13-25-44(8-3)24-7-2/h9,11,15,17-18,20,23,26,28H,7-8,10,12-14,19,24-25,27,29H2,1-5H3/q+1/b11-9-,18-15-,30-17-. The number of allylic oxidation sites excluding steroid dienone is 7. The number of hydrogen-bond acceptors (Lipinski definition) is 7. The number of hydrazone groups is 1. The van der Waals surface area contributed by atoms with Gasteiger partial charge in [0.25, 0.3) is 6.07 Å². The molecule has 9 nitrogen and oxygen atoms in total. The number of rotatable bonds is 16. The zero-order valence-corrected chi connectivity index (χ0v) is 30.0. The molecule has 0 saturated heterocycles. The first kappa shape index (κ1) is 36.4. The topological polar surface area (TPSA) is 86.4 Å². The Kier molecular flexibility index (Phi) is 16.5. The fraction of sp³-hybridized carbons (Fsp3) is 0.444. The van der Waals surface area contributed by atoms with Gasteiger partial charge in [-0.25, -0.2) is 4.98 Å². The van der Waals surface area contributed by atoms with E-state index in [1.807, 2.05) is 40.9 Å². The molecular formula is C36H46IN8O+. The second-order valence-corrected chi connectivity index (χ2v) is 12.5. The van der Waals surface area contributed by atoms with E-state index < -0.39 is 0 Å². The Bertz CT molecular complexity index is 1650. The molecule has 242 valence electrons. The number of fused-ring (bicyclic) bond motifs is 1. The van der Waals surface area contributed by atoms with Crippen molar-refractivity contribution in [3.05, 3.63) is 70.1 Å². The van der Waals surface area contributed by atoms with E-state index in [1.54, 1.807) is 19.3 Å². The molecule has 2 aromatic heterocycles. The van der Waals surface area contributed by atoms with Crippen LogP contribution in [0, 0.1) is 29.2 Å². The maximum atomic E-state index is 9.05. The van der Waals surface area contributed by atoms with Crippen molar-refractivity contribution in [3.63, 3.8) is 0 Å². The third-order valence-corrected chi connectivity index (χ3v) is 8.25. The van der Waals surface area contributed by atoms with Gasteiger partial charge in [0, 0.05) is 30.6 Å². The summed E-state index contributed by atoms with van der Waals surface area (Å²) in [7, 11) is 1.90. The Hall–Kier alpha value is -4.05. The summed E-state index contributed by atoms with van der Waals surface area (Å²) in [4.78, 5) is 19.2. The quantitative estimate of drug-likeness (QED) is 0.0614. The van der Waals surface area contributed by atoms with Crippen LogP contribution >= 0.6 is 20.7 Å². The van der Waals surface area contributed by atoms with Crippen LogP contribution in [-0.4, -0.2) is 79.3 Å². The average Bonchev–Trinajstić information content (AvgIpc) is 3.55. The fourth-order valence-corrected chi connectivity index (χ4v) is 5.49. The Morgan fingerprint density at radius 3 is 2.85 bits per heavy atom. The van der Waals surface area contributed by atoms with Gasteiger partial charge in [-0.05, 0) is 66.0 Å². The van der Waals surface area contributed by atoms with Crippen molar-refractivity contribution in [1.82, 2.24) is 24.3 Å². The van der Waals surface area contributed by atoms with E-state index >= 15 is 0 Å². The van der Waals surface area contributed by atoms with Gasteiger partial charge in [0.1, 0.15) is 24.2 Å². The number of likely N-dealkylation sites (N-methyl/N-ethyl adjacent to an activating group) is 1. The van der Waals surface area contributed by atoms with Crippen LogP contribution in [0.15, 0.2) is 59.1 Å². The lowest BCUT2D eigenvalue weighted by Gasteiger charge is -2.19. The molecule has 0 bridgehead atoms. The van der Waals surface area contributed by atoms with E-state index in [9.17, 15) is 0 Å². The van der Waals surface area contributed by atoms with Crippen LogP contribution < -0.4 is 4.74 Å². The molecule has 3 heterocycles. The van der Waals surface area contributed by atoms with Gasteiger partial charge in [-0.3, -0.25) is 9.41 Å². The molecular weight excluding hydrogens is 687 g/mol. The third-order valence-electron chi connectivity index (χ3n) is 7.12. The molecule has 0 aliphatic carbocycles. The molecule has 1 aliphatic heterocycles. The van der Waals surface area contributed by atoms with Crippen LogP contribution in [0.25, 0.3) is 16.1 Å². The first-order valence-electron chi connectivity index (χ1n) is 15.8. The van der Waals surface area contributed by atoms with E-state index in [1.165, 1.54) is 6.42 Å². The number of aromatic nitrogens is 3. The van der Waals surface area contributed by atoms with Gasteiger partial charge >= 0.3 is 11.7 Å². The summed E-state index contributed by atoms with van der Waals surface area (Å²) in [6, 6.07) is 5.94. The van der Waals surface area contributed by atoms with Gasteiger partial charge in [0.05, 0.1) is 31.0 Å². The van der Waals surface area contributed by atoms with Crippen molar-refractivity contribution in [2.75, 3.05) is 44.8 Å². The van der Waals surface area contributed by atoms with Gasteiger partial charge in [-0.2, -0.15) is 15.3 Å². The van der Waals surface area contributed by atoms with Crippen LogP contribution in [0.4, 0.5) is 0 Å². The Morgan fingerprint density at radius 2 is 2.09 bits per heavy atom. The largest absolute Gasteiger partial charge is 0.464 e. The Balaban J connectivity index is 1.99. The molecule has 0 radical (unpaired) electrons. The molecule has 0 fully saturated rings. The summed E-state index contributed by atoms with van der Waals surface area (Å²) in [5.74, 6) is 6.04. The van der Waals surface area contributed by atoms with Crippen LogP contribution in [0.5, 0.6) is 6.01 Å². The number of alkyl halides is 1. The monoisotopic (exact) mass is 733 g/mol. The second-order valence-electron chi connectivity index (χ2n) is 10.5. The Labute approximate surface area is 284 Å². The molecule has 3 rings (SSSR count). The highest BCUT2D eigenvalue weighted by atomic mass is 127. The zero-order valence-electron chi connectivity index (χ0n) is 27.8. The van der Waals surface area contributed by atoms with Crippen molar-refractivity contribution in [2.24, 2.45) is 5.10 Å². The van der Waals surface area contributed by atoms with Gasteiger partial charge in [0.2, 0.25) is 0 Å². The molecule has 0 amide bonds. The number of hydrogen-bond donors (Lipinski definition) is 0. The summed E-state index contributed by atoms with van der Waals surface area (Å²) in [5.41, 5.74) is 4.88. The average molecular weight is 734 g/mol. The summed E-state index contributed by atoms with van der Waals surface area (Å²) < 4.78 is 10.4. The maximum absolute atomic E-state index is 9.05. The Morgan fingerprint density at radius 1 is 1.22 bits per heavy atom. The fourth-order valence-electron chi connectivity index (χ4n) is 4.87. The minimum absolute atomic E-state index is 0.0238. The molecule has 0 aromatic carbocycles. The van der Waals surface area contributed by atoms with Crippen molar-refractivity contribution >= 4 is 42.2 Å². The van der Waals surface area contributed by atoms with Gasteiger partial charge in [0.15, 0.2) is 0 Å². The molecule has 0 spiro atoms. The molecule has 2 aromatic rings. The van der Waals surface area contributed by atoms with Crippen molar-refractivity contribution in [2.45, 2.75) is 59.3 Å². The lowest BCUT2D eigenvalue weighted by molar-refractivity contribution is 0.259. The molecule has 1 aliphatic rings. The molecule has 0 atom stereocenters. The lowest BCUT2D eigenvalue weighted by Crippen LogP contribution is -2.25. The molecule has 0 unspecified atom stereocenters. The number of imidazole rings is 1. The molecule has 46 heavy (non-hydrogen) atoms. The van der Waals surface area contributed by atoms with E-state index in [0.29, 0.717) is 32.0 Å². The number of halogens is 1. The van der Waals surface area contributed by atoms with Crippen LogP contribution in [0.2, 0.25) is 0 Å². The van der Waals surface area contributed by atoms with Crippen LogP contribution in [0.3, 0.4) is 0 Å². The maximum Gasteiger partial charge on any atom is 0.354 e. The molecule has 10 heteroatoms. The van der Waals surface area contributed by atoms with Crippen LogP contribution in [0.1, 0.15) is 64.1 Å². The van der Waals surface area contributed by atoms with E-state index in [0.717, 1.165) is 72.6 Å². The van der Waals surface area contributed by atoms with E-state index in [2.05, 4.69) is 68.9 Å². The van der Waals surface area contributed by atoms with Crippen molar-refractivity contribution in [1.29, 1.82) is 5.26 Å². The SMILES string of the molecule is CC#CC1=C([N+]#CCc2c(C(/C=C\C=IC)=C\C=C/CC#N)nc(OCCCCCN(CC)CCC)n3ccnc23)CN(C)N=C1. The number of nitriles is 1. The minimum atomic E-state index is -0.0238. The number of nitrogens with zero attached hydrogens (tertiary/aromatic N) is 8. The summed E-state index contributed by atoms with van der Waals surface area (Å²) in [6.07, 6.45) is 20.3. The second kappa shape index (κ2) is 20.9. The first-order chi connectivity index (χ1) is 22.6. The van der Waals surface area contributed by atoms with Crippen LogP contribution in [-0.2, 0) is 6.42 Å². The highest BCUT2D eigenvalue weighted by Gasteiger charge is 2.22. The normalized spacial score (nSPS) is 13.8. The third kappa shape index (κ3) is 11.4. The molecule has 0 N–H and O–H groups in total. The summed E-state index contributed by atoms with van der Waals surface area (Å²) in [5, 5.41) is 15.2. The first-order valence-corrected chi connectivity index (χ1v) is 19.2. The lowest BCUT2D eigenvalue weighted by atomic mass is 10.0. The number of unbranched alkanes of at least 4 members (excludes halogenated alkanes) is 2. The highest BCUT2D eigenvalue weighted by Crippen LogP contribution is 2.27. The minimum Gasteiger partial charge on any atom is -0.464 e.